The van der Waals surface area contributed by atoms with Gasteiger partial charge in [-0.15, -0.1) is 23.7 Å². The summed E-state index contributed by atoms with van der Waals surface area (Å²) in [4.78, 5) is 14.8. The van der Waals surface area contributed by atoms with Gasteiger partial charge in [-0.3, -0.25) is 5.41 Å². The van der Waals surface area contributed by atoms with Gasteiger partial charge in [0.05, 0.1) is 13.1 Å². The Morgan fingerprint density at radius 3 is 2.86 bits per heavy atom. The van der Waals surface area contributed by atoms with Gasteiger partial charge in [-0.2, -0.15) is 0 Å². The van der Waals surface area contributed by atoms with Gasteiger partial charge in [0.1, 0.15) is 29.0 Å². The van der Waals surface area contributed by atoms with E-state index in [1.54, 1.807) is 23.5 Å². The van der Waals surface area contributed by atoms with Crippen LogP contribution in [0, 0.1) is 5.41 Å². The molecule has 2 aliphatic rings. The molecule has 1 fully saturated rings. The molecule has 0 saturated carbocycles. The first-order chi connectivity index (χ1) is 13.0. The number of carboxylic acid groups (broad SMARTS) is 1. The summed E-state index contributed by atoms with van der Waals surface area (Å²) in [5, 5.41) is 29.5. The average Bonchev–Trinajstić information content (AvgIpc) is 3.09. The summed E-state index contributed by atoms with van der Waals surface area (Å²) in [6, 6.07) is 7.42. The van der Waals surface area contributed by atoms with Gasteiger partial charge in [0, 0.05) is 11.3 Å². The predicted molar refractivity (Wildman–Crippen MR) is 109 cm³/mol. The number of ether oxygens (including phenoxy) is 1. The first-order valence-electron chi connectivity index (χ1n) is 8.76. The lowest BCUT2D eigenvalue weighted by atomic mass is 9.78. The molecule has 1 aromatic carbocycles. The fourth-order valence-electron chi connectivity index (χ4n) is 3.32. The molecule has 0 bridgehead atoms. The number of hydrogen-bond donors (Lipinski definition) is 3. The maximum atomic E-state index is 11.8. The number of aryl methyl sites for hydroxylation is 1. The van der Waals surface area contributed by atoms with Crippen LogP contribution in [0.25, 0.3) is 0 Å². The van der Waals surface area contributed by atoms with Crippen LogP contribution < -0.4 is 9.39 Å². The highest BCUT2D eigenvalue weighted by Gasteiger charge is 2.34. The van der Waals surface area contributed by atoms with Gasteiger partial charge in [-0.25, -0.2) is 4.79 Å². The molecule has 10 heteroatoms. The van der Waals surface area contributed by atoms with Gasteiger partial charge in [-0.1, -0.05) is 12.1 Å². The van der Waals surface area contributed by atoms with Crippen molar-refractivity contribution in [2.45, 2.75) is 25.3 Å². The fraction of sp³-hybridized carbons (Fsp3) is 0.333. The van der Waals surface area contributed by atoms with Gasteiger partial charge >= 0.3 is 13.1 Å². The van der Waals surface area contributed by atoms with E-state index < -0.39 is 13.1 Å². The normalized spacial score (nSPS) is 15.8. The molecule has 0 amide bonds. The molecule has 1 saturated heterocycles. The fourth-order valence-corrected chi connectivity index (χ4v) is 4.03. The van der Waals surface area contributed by atoms with Crippen LogP contribution in [0.15, 0.2) is 29.6 Å². The second kappa shape index (κ2) is 8.42. The van der Waals surface area contributed by atoms with Crippen LogP contribution in [0.3, 0.4) is 0 Å². The molecule has 0 atom stereocenters. The van der Waals surface area contributed by atoms with Crippen molar-refractivity contribution >= 4 is 42.7 Å². The number of likely N-dealkylation sites (tertiary alicyclic amines) is 1. The van der Waals surface area contributed by atoms with Crippen molar-refractivity contribution in [3.05, 3.63) is 45.6 Å². The lowest BCUT2D eigenvalue weighted by molar-refractivity contribution is 0.0589. The third-order valence-corrected chi connectivity index (χ3v) is 5.65. The number of hydrogen-bond acceptors (Lipinski definition) is 6. The number of nitrogens with one attached hydrogen (secondary N) is 1. The summed E-state index contributed by atoms with van der Waals surface area (Å²) in [6.07, 6.45) is 1.41. The molecule has 1 aromatic heterocycles. The quantitative estimate of drug-likeness (QED) is 0.389. The maximum absolute atomic E-state index is 11.8. The maximum Gasteiger partial charge on any atom is 0.522 e. The number of halogens is 1. The lowest BCUT2D eigenvalue weighted by Crippen LogP contribution is -2.56. The molecule has 148 valence electrons. The predicted octanol–water partition coefficient (Wildman–Crippen LogP) is 2.57. The highest BCUT2D eigenvalue weighted by atomic mass is 35.5. The Hall–Kier alpha value is -2.23. The number of nitrogens with zero attached hydrogens (tertiary/aromatic N) is 1. The van der Waals surface area contributed by atoms with E-state index in [-0.39, 0.29) is 35.6 Å². The van der Waals surface area contributed by atoms with Crippen molar-refractivity contribution in [2.24, 2.45) is 0 Å². The average molecular weight is 423 g/mol. The summed E-state index contributed by atoms with van der Waals surface area (Å²) in [6.45, 7) is 1.09. The minimum absolute atomic E-state index is 0. The molecule has 7 nitrogen and oxygen atoms in total. The van der Waals surface area contributed by atoms with E-state index in [4.69, 9.17) is 14.8 Å². The number of fused-ring (bicyclic) bond motifs is 1. The smallest absolute Gasteiger partial charge is 0.522 e. The van der Waals surface area contributed by atoms with E-state index in [0.29, 0.717) is 38.1 Å². The second-order valence-corrected chi connectivity index (χ2v) is 7.72. The Balaban J connectivity index is 0.00000225. The Morgan fingerprint density at radius 1 is 1.39 bits per heavy atom. The Labute approximate surface area is 173 Å². The van der Waals surface area contributed by atoms with E-state index in [9.17, 15) is 14.9 Å². The van der Waals surface area contributed by atoms with Crippen molar-refractivity contribution in [3.63, 3.8) is 0 Å². The summed E-state index contributed by atoms with van der Waals surface area (Å²) in [5.41, 5.74) is 0.719. The van der Waals surface area contributed by atoms with E-state index in [1.165, 1.54) is 0 Å². The molecule has 28 heavy (non-hydrogen) atoms. The van der Waals surface area contributed by atoms with Gasteiger partial charge < -0.3 is 24.4 Å². The van der Waals surface area contributed by atoms with E-state index in [0.717, 1.165) is 10.4 Å². The zero-order chi connectivity index (χ0) is 19.0. The first-order valence-corrected chi connectivity index (χ1v) is 9.64. The Bertz CT molecular complexity index is 873. The Morgan fingerprint density at radius 2 is 2.18 bits per heavy atom. The van der Waals surface area contributed by atoms with Crippen molar-refractivity contribution < 1.29 is 24.3 Å². The molecule has 3 heterocycles. The molecule has 2 aromatic rings. The molecule has 0 radical (unpaired) electrons. The summed E-state index contributed by atoms with van der Waals surface area (Å²) in [7, 11) is -0.997. The first kappa shape index (κ1) is 20.5. The van der Waals surface area contributed by atoms with E-state index in [2.05, 4.69) is 0 Å². The van der Waals surface area contributed by atoms with Crippen molar-refractivity contribution in [1.29, 1.82) is 5.41 Å². The van der Waals surface area contributed by atoms with Gasteiger partial charge in [0.15, 0.2) is 0 Å². The molecule has 2 aliphatic heterocycles. The number of carboxylic acids is 1. The van der Waals surface area contributed by atoms with E-state index in [1.807, 2.05) is 22.4 Å². The summed E-state index contributed by atoms with van der Waals surface area (Å²) < 4.78 is 11.2. The van der Waals surface area contributed by atoms with Crippen LogP contribution in [-0.4, -0.2) is 53.1 Å². The van der Waals surface area contributed by atoms with Crippen LogP contribution >= 0.6 is 23.7 Å². The topological polar surface area (TPSA) is 103 Å². The van der Waals surface area contributed by atoms with Crippen LogP contribution in [0.4, 0.5) is 0 Å². The molecular weight excluding hydrogens is 403 g/mol. The minimum Gasteiger partial charge on any atom is -0.535 e. The molecule has 4 rings (SSSR count). The third-order valence-electron chi connectivity index (χ3n) is 4.77. The molecule has 0 aliphatic carbocycles. The summed E-state index contributed by atoms with van der Waals surface area (Å²) >= 11 is 1.63. The second-order valence-electron chi connectivity index (χ2n) is 6.69. The zero-order valence-electron chi connectivity index (χ0n) is 15.0. The number of aromatic carboxylic acids is 1. The van der Waals surface area contributed by atoms with Crippen molar-refractivity contribution in [1.82, 2.24) is 4.90 Å². The molecule has 0 unspecified atom stereocenters. The monoisotopic (exact) mass is 422 g/mol. The number of thiophene rings is 1. The highest BCUT2D eigenvalue weighted by molar-refractivity contribution is 7.10. The Kier molecular flexibility index (Phi) is 6.17. The number of rotatable bonds is 5. The molecule has 3 N–H and O–H groups in total. The van der Waals surface area contributed by atoms with Crippen LogP contribution in [0.1, 0.15) is 20.8 Å². The SMILES string of the molecule is Cl.N=C(Cc1cccs1)N1CC(Oc2ccc3c(c2C(=O)O)OB(O)CC3)C1. The lowest BCUT2D eigenvalue weighted by Gasteiger charge is -2.41. The number of carbonyl (C=O) groups is 1. The van der Waals surface area contributed by atoms with Crippen LogP contribution in [-0.2, 0) is 12.8 Å². The zero-order valence-corrected chi connectivity index (χ0v) is 16.6. The molecular formula is C18H20BClN2O5S. The minimum atomic E-state index is -1.14. The summed E-state index contributed by atoms with van der Waals surface area (Å²) in [5.74, 6) is -0.171. The van der Waals surface area contributed by atoms with Gasteiger partial charge in [-0.05, 0) is 35.8 Å². The van der Waals surface area contributed by atoms with Gasteiger partial charge in [0.2, 0.25) is 0 Å². The third kappa shape index (κ3) is 4.11. The highest BCUT2D eigenvalue weighted by Crippen LogP contribution is 2.37. The van der Waals surface area contributed by atoms with Crippen LogP contribution in [0.2, 0.25) is 6.32 Å². The van der Waals surface area contributed by atoms with Crippen molar-refractivity contribution in [3.8, 4) is 11.5 Å². The molecule has 0 spiro atoms. The number of amidine groups is 1. The van der Waals surface area contributed by atoms with Gasteiger partial charge in [0.25, 0.3) is 0 Å². The van der Waals surface area contributed by atoms with Crippen molar-refractivity contribution in [2.75, 3.05) is 13.1 Å². The standard InChI is InChI=1S/C18H19BN2O5S.ClH/c20-15(8-13-2-1-7-27-13)21-9-12(10-21)25-14-4-3-11-5-6-19(24)26-17(11)16(14)18(22)23;/h1-4,7,12,20,24H,5-6,8-10H2,(H,22,23);1H. The van der Waals surface area contributed by atoms with Crippen LogP contribution in [0.5, 0.6) is 11.5 Å². The van der Waals surface area contributed by atoms with E-state index >= 15 is 0 Å². The largest absolute Gasteiger partial charge is 0.535 e. The number of benzene rings is 1.